The molecule has 0 heterocycles. The van der Waals surface area contributed by atoms with E-state index in [9.17, 15) is 4.79 Å². The predicted octanol–water partition coefficient (Wildman–Crippen LogP) is 3.65. The number of halogens is 1. The lowest BCUT2D eigenvalue weighted by Gasteiger charge is -2.38. The van der Waals surface area contributed by atoms with Crippen molar-refractivity contribution in [1.29, 1.82) is 0 Å². The zero-order chi connectivity index (χ0) is 15.3. The summed E-state index contributed by atoms with van der Waals surface area (Å²) in [6, 6.07) is 7.93. The third kappa shape index (κ3) is 3.93. The Labute approximate surface area is 135 Å². The molecule has 0 aliphatic heterocycles. The van der Waals surface area contributed by atoms with Crippen LogP contribution in [0.3, 0.4) is 0 Å². The van der Waals surface area contributed by atoms with E-state index in [-0.39, 0.29) is 5.97 Å². The van der Waals surface area contributed by atoms with Crippen LogP contribution in [0.2, 0.25) is 5.02 Å². The quantitative estimate of drug-likeness (QED) is 0.838. The van der Waals surface area contributed by atoms with Crippen molar-refractivity contribution in [2.75, 3.05) is 14.2 Å². The maximum atomic E-state index is 12.1. The number of benzene rings is 1. The molecule has 1 aromatic carbocycles. The van der Waals surface area contributed by atoms with E-state index in [0.717, 1.165) is 42.0 Å². The molecule has 0 radical (unpaired) electrons. The molecule has 1 aliphatic rings. The molecule has 0 bridgehead atoms. The molecule has 1 fully saturated rings. The molecular formula is C16H22ClNO2S. The summed E-state index contributed by atoms with van der Waals surface area (Å²) in [5.74, 6) is 0.735. The predicted molar refractivity (Wildman–Crippen MR) is 88.8 cm³/mol. The molecule has 21 heavy (non-hydrogen) atoms. The minimum atomic E-state index is -0.523. The van der Waals surface area contributed by atoms with Crippen molar-refractivity contribution in [1.82, 2.24) is 5.32 Å². The summed E-state index contributed by atoms with van der Waals surface area (Å²) in [6.07, 6.45) is 3.83. The number of nitrogens with one attached hydrogen (secondary N) is 1. The molecule has 0 spiro atoms. The zero-order valence-corrected chi connectivity index (χ0v) is 14.1. The van der Waals surface area contributed by atoms with Crippen LogP contribution in [-0.2, 0) is 15.3 Å². The van der Waals surface area contributed by atoms with Gasteiger partial charge in [0.25, 0.3) is 0 Å². The van der Waals surface area contributed by atoms with Gasteiger partial charge in [-0.3, -0.25) is 4.79 Å². The Bertz CT molecular complexity index is 497. The molecule has 5 heteroatoms. The highest BCUT2D eigenvalue weighted by Crippen LogP contribution is 2.37. The first-order valence-electron chi connectivity index (χ1n) is 7.23. The average molecular weight is 328 g/mol. The molecule has 1 N–H and O–H groups in total. The van der Waals surface area contributed by atoms with E-state index < -0.39 is 5.54 Å². The summed E-state index contributed by atoms with van der Waals surface area (Å²) in [7, 11) is 3.31. The molecule has 116 valence electrons. The molecular weight excluding hydrogens is 306 g/mol. The highest BCUT2D eigenvalue weighted by atomic mass is 35.5. The van der Waals surface area contributed by atoms with Gasteiger partial charge in [-0.15, -0.1) is 0 Å². The maximum Gasteiger partial charge on any atom is 0.326 e. The van der Waals surface area contributed by atoms with Crippen molar-refractivity contribution < 1.29 is 9.53 Å². The highest BCUT2D eigenvalue weighted by molar-refractivity contribution is 7.99. The van der Waals surface area contributed by atoms with Gasteiger partial charge in [-0.25, -0.2) is 0 Å². The molecule has 3 nitrogen and oxygen atoms in total. The molecule has 1 aliphatic carbocycles. The van der Waals surface area contributed by atoms with Gasteiger partial charge in [0.15, 0.2) is 0 Å². The second kappa shape index (κ2) is 7.52. The van der Waals surface area contributed by atoms with E-state index >= 15 is 0 Å². The fraction of sp³-hybridized carbons (Fsp3) is 0.562. The SMILES string of the molecule is CNC1(C(=O)OC)CCCC(SCc2ccccc2Cl)C1. The minimum absolute atomic E-state index is 0.145. The van der Waals surface area contributed by atoms with Crippen molar-refractivity contribution in [2.45, 2.75) is 42.2 Å². The van der Waals surface area contributed by atoms with Crippen LogP contribution < -0.4 is 5.32 Å². The Hall–Kier alpha value is -0.710. The summed E-state index contributed by atoms with van der Waals surface area (Å²) < 4.78 is 4.98. The van der Waals surface area contributed by atoms with E-state index in [1.54, 1.807) is 0 Å². The summed E-state index contributed by atoms with van der Waals surface area (Å²) in [4.78, 5) is 12.1. The number of ether oxygens (including phenoxy) is 1. The number of hydrogen-bond donors (Lipinski definition) is 1. The minimum Gasteiger partial charge on any atom is -0.468 e. The van der Waals surface area contributed by atoms with Crippen LogP contribution in [0, 0.1) is 0 Å². The number of hydrogen-bond acceptors (Lipinski definition) is 4. The van der Waals surface area contributed by atoms with Crippen LogP contribution in [-0.4, -0.2) is 30.9 Å². The van der Waals surface area contributed by atoms with Gasteiger partial charge >= 0.3 is 5.97 Å². The number of rotatable bonds is 5. The Morgan fingerprint density at radius 2 is 2.29 bits per heavy atom. The lowest BCUT2D eigenvalue weighted by Crippen LogP contribution is -2.54. The fourth-order valence-electron chi connectivity index (χ4n) is 2.90. The number of thioether (sulfide) groups is 1. The van der Waals surface area contributed by atoms with Crippen LogP contribution in [0.1, 0.15) is 31.2 Å². The maximum absolute atomic E-state index is 12.1. The number of carbonyl (C=O) groups excluding carboxylic acids is 1. The summed E-state index contributed by atoms with van der Waals surface area (Å²) in [6.45, 7) is 0. The molecule has 0 saturated heterocycles. The topological polar surface area (TPSA) is 38.3 Å². The van der Waals surface area contributed by atoms with E-state index in [2.05, 4.69) is 11.4 Å². The van der Waals surface area contributed by atoms with E-state index in [1.807, 2.05) is 37.0 Å². The van der Waals surface area contributed by atoms with Crippen LogP contribution in [0.25, 0.3) is 0 Å². The van der Waals surface area contributed by atoms with Crippen molar-refractivity contribution in [2.24, 2.45) is 0 Å². The van der Waals surface area contributed by atoms with Gasteiger partial charge in [-0.2, -0.15) is 11.8 Å². The van der Waals surface area contributed by atoms with Crippen LogP contribution in [0.15, 0.2) is 24.3 Å². The second-order valence-electron chi connectivity index (χ2n) is 5.44. The molecule has 2 unspecified atom stereocenters. The van der Waals surface area contributed by atoms with Gasteiger partial charge in [0, 0.05) is 16.0 Å². The van der Waals surface area contributed by atoms with E-state index in [4.69, 9.17) is 16.3 Å². The molecule has 0 amide bonds. The third-order valence-electron chi connectivity index (χ3n) is 4.19. The standard InChI is InChI=1S/C16H22ClNO2S/c1-18-16(15(19)20-2)9-5-7-13(10-16)21-11-12-6-3-4-8-14(12)17/h3-4,6,8,13,18H,5,7,9-11H2,1-2H3. The third-order valence-corrected chi connectivity index (χ3v) is 5.91. The number of likely N-dealkylation sites (N-methyl/N-ethyl adjacent to an activating group) is 1. The van der Waals surface area contributed by atoms with Gasteiger partial charge in [0.2, 0.25) is 0 Å². The number of carbonyl (C=O) groups is 1. The normalized spacial score (nSPS) is 25.6. The van der Waals surface area contributed by atoms with Crippen molar-refractivity contribution in [3.63, 3.8) is 0 Å². The summed E-state index contributed by atoms with van der Waals surface area (Å²) >= 11 is 8.08. The van der Waals surface area contributed by atoms with Gasteiger partial charge in [-0.05, 0) is 44.4 Å². The molecule has 2 rings (SSSR count). The smallest absolute Gasteiger partial charge is 0.326 e. The number of esters is 1. The van der Waals surface area contributed by atoms with Gasteiger partial charge in [0.05, 0.1) is 7.11 Å². The van der Waals surface area contributed by atoms with Gasteiger partial charge in [-0.1, -0.05) is 29.8 Å². The molecule has 2 atom stereocenters. The Balaban J connectivity index is 1.98. The van der Waals surface area contributed by atoms with E-state index in [0.29, 0.717) is 5.25 Å². The number of methoxy groups -OCH3 is 1. The van der Waals surface area contributed by atoms with Crippen LogP contribution in [0.4, 0.5) is 0 Å². The molecule has 0 aromatic heterocycles. The van der Waals surface area contributed by atoms with Crippen molar-refractivity contribution >= 4 is 29.3 Å². The van der Waals surface area contributed by atoms with Gasteiger partial charge in [0.1, 0.15) is 5.54 Å². The Morgan fingerprint density at radius 1 is 1.52 bits per heavy atom. The highest BCUT2D eigenvalue weighted by Gasteiger charge is 2.42. The van der Waals surface area contributed by atoms with Crippen LogP contribution in [0.5, 0.6) is 0 Å². The largest absolute Gasteiger partial charge is 0.468 e. The Kier molecular flexibility index (Phi) is 5.97. The molecule has 1 aromatic rings. The zero-order valence-electron chi connectivity index (χ0n) is 12.5. The first-order valence-corrected chi connectivity index (χ1v) is 8.66. The van der Waals surface area contributed by atoms with Crippen LogP contribution >= 0.6 is 23.4 Å². The van der Waals surface area contributed by atoms with Crippen molar-refractivity contribution in [3.8, 4) is 0 Å². The average Bonchev–Trinajstić information content (AvgIpc) is 2.53. The first kappa shape index (κ1) is 16.7. The van der Waals surface area contributed by atoms with Gasteiger partial charge < -0.3 is 10.1 Å². The van der Waals surface area contributed by atoms with E-state index in [1.165, 1.54) is 7.11 Å². The summed E-state index contributed by atoms with van der Waals surface area (Å²) in [5.41, 5.74) is 0.633. The monoisotopic (exact) mass is 327 g/mol. The first-order chi connectivity index (χ1) is 10.1. The second-order valence-corrected chi connectivity index (χ2v) is 7.14. The fourth-order valence-corrected chi connectivity index (χ4v) is 4.58. The van der Waals surface area contributed by atoms with Crippen molar-refractivity contribution in [3.05, 3.63) is 34.9 Å². The Morgan fingerprint density at radius 3 is 2.95 bits per heavy atom. The summed E-state index contributed by atoms with van der Waals surface area (Å²) in [5, 5.41) is 4.45. The molecule has 1 saturated carbocycles. The lowest BCUT2D eigenvalue weighted by atomic mass is 9.81. The lowest BCUT2D eigenvalue weighted by molar-refractivity contribution is -0.149.